The third-order valence-corrected chi connectivity index (χ3v) is 5.32. The summed E-state index contributed by atoms with van der Waals surface area (Å²) >= 11 is 0. The van der Waals surface area contributed by atoms with Crippen molar-refractivity contribution in [1.82, 2.24) is 4.31 Å². The fourth-order valence-corrected chi connectivity index (χ4v) is 3.41. The highest BCUT2D eigenvalue weighted by atomic mass is 32.2. The topological polar surface area (TPSA) is 54.5 Å². The minimum Gasteiger partial charge on any atom is -0.285 e. The highest BCUT2D eigenvalue weighted by molar-refractivity contribution is 7.89. The van der Waals surface area contributed by atoms with Crippen molar-refractivity contribution in [3.8, 4) is 11.8 Å². The Hall–Kier alpha value is -2.68. The van der Waals surface area contributed by atoms with Crippen molar-refractivity contribution in [1.29, 1.82) is 0 Å². The second-order valence-corrected chi connectivity index (χ2v) is 7.64. The molecule has 2 aromatic carbocycles. The maximum Gasteiger partial charge on any atom is 0.244 e. The maximum absolute atomic E-state index is 13.0. The van der Waals surface area contributed by atoms with E-state index in [9.17, 15) is 13.2 Å². The molecule has 26 heavy (non-hydrogen) atoms. The van der Waals surface area contributed by atoms with Gasteiger partial charge in [0.1, 0.15) is 0 Å². The first-order valence-electron chi connectivity index (χ1n) is 8.57. The molecule has 5 heteroatoms. The molecule has 134 valence electrons. The van der Waals surface area contributed by atoms with Gasteiger partial charge in [0.15, 0.2) is 0 Å². The van der Waals surface area contributed by atoms with Crippen molar-refractivity contribution >= 4 is 21.9 Å². The molecule has 2 rings (SSSR count). The van der Waals surface area contributed by atoms with Gasteiger partial charge in [0, 0.05) is 13.5 Å². The summed E-state index contributed by atoms with van der Waals surface area (Å²) in [5.74, 6) is 4.59. The van der Waals surface area contributed by atoms with Gasteiger partial charge in [-0.25, -0.2) is 8.42 Å². The van der Waals surface area contributed by atoms with Crippen molar-refractivity contribution in [2.75, 3.05) is 13.1 Å². The van der Waals surface area contributed by atoms with Gasteiger partial charge in [-0.1, -0.05) is 66.1 Å². The number of carbonyl (C=O) groups excluding carboxylic acids is 1. The van der Waals surface area contributed by atoms with Crippen LogP contribution < -0.4 is 0 Å². The Morgan fingerprint density at radius 1 is 1.15 bits per heavy atom. The zero-order valence-electron chi connectivity index (χ0n) is 15.8. The molecule has 0 spiro atoms. The second-order valence-electron chi connectivity index (χ2n) is 5.70. The van der Waals surface area contributed by atoms with Gasteiger partial charge in [-0.3, -0.25) is 4.79 Å². The van der Waals surface area contributed by atoms with Crippen LogP contribution in [0.4, 0.5) is 0 Å². The fourth-order valence-electron chi connectivity index (χ4n) is 2.15. The molecular weight excluding hydrogens is 346 g/mol. The number of hydrogen-bond acceptors (Lipinski definition) is 3. The number of hydrogen-bond donors (Lipinski definition) is 0. The van der Waals surface area contributed by atoms with Crippen molar-refractivity contribution in [2.24, 2.45) is 0 Å². The van der Waals surface area contributed by atoms with E-state index in [0.29, 0.717) is 0 Å². The molecule has 0 aliphatic heterocycles. The Labute approximate surface area is 156 Å². The first kappa shape index (κ1) is 18.1. The van der Waals surface area contributed by atoms with Crippen molar-refractivity contribution in [3.63, 3.8) is 0 Å². The normalized spacial score (nSPS) is 12.3. The van der Waals surface area contributed by atoms with Crippen LogP contribution in [-0.2, 0) is 14.8 Å². The van der Waals surface area contributed by atoms with Crippen LogP contribution in [0.3, 0.4) is 0 Å². The summed E-state index contributed by atoms with van der Waals surface area (Å²) in [6.45, 7) is 2.88. The largest absolute Gasteiger partial charge is 0.285 e. The number of nitrogens with zero attached hydrogens (tertiary/aromatic N) is 1. The van der Waals surface area contributed by atoms with Gasteiger partial charge in [0.05, 0.1) is 12.8 Å². The Bertz CT molecular complexity index is 985. The number of rotatable bonds is 6. The molecule has 0 aliphatic carbocycles. The average molecular weight is 368 g/mol. The summed E-state index contributed by atoms with van der Waals surface area (Å²) < 4.78 is 35.2. The smallest absolute Gasteiger partial charge is 0.244 e. The van der Waals surface area contributed by atoms with Crippen LogP contribution in [0.15, 0.2) is 65.5 Å². The summed E-state index contributed by atoms with van der Waals surface area (Å²) in [5.41, 5.74) is 1.76. The highest BCUT2D eigenvalue weighted by Gasteiger charge is 2.22. The molecule has 0 N–H and O–H groups in total. The number of benzene rings is 2. The van der Waals surface area contributed by atoms with Gasteiger partial charge in [0.25, 0.3) is 0 Å². The molecule has 0 atom stereocenters. The lowest BCUT2D eigenvalue weighted by Crippen LogP contribution is -2.31. The van der Waals surface area contributed by atoms with E-state index in [1.807, 2.05) is 37.3 Å². The van der Waals surface area contributed by atoms with Gasteiger partial charge < -0.3 is 0 Å². The standard InChI is InChI=1S/C21H21NO3S/c1-18-12-14-21(15-13-18)26(24,25)22(16-6-8-19(2)23)17-7-11-20-9-4-3-5-10-20/h3-5,7,9-15H,16-17H2,1-2H3/b11-7+/i7D. The van der Waals surface area contributed by atoms with Crippen molar-refractivity contribution in [2.45, 2.75) is 18.7 Å². The van der Waals surface area contributed by atoms with Gasteiger partial charge in [0.2, 0.25) is 15.8 Å². The lowest BCUT2D eigenvalue weighted by molar-refractivity contribution is -0.111. The summed E-state index contributed by atoms with van der Waals surface area (Å²) in [6, 6.07) is 15.8. The number of aryl methyl sites for hydroxylation is 1. The van der Waals surface area contributed by atoms with Crippen molar-refractivity contribution < 1.29 is 14.6 Å². The zero-order valence-corrected chi connectivity index (χ0v) is 15.6. The minimum atomic E-state index is -3.84. The van der Waals surface area contributed by atoms with Crippen LogP contribution in [0.25, 0.3) is 6.08 Å². The van der Waals surface area contributed by atoms with Crippen LogP contribution >= 0.6 is 0 Å². The maximum atomic E-state index is 13.0. The average Bonchev–Trinajstić information content (AvgIpc) is 2.61. The van der Waals surface area contributed by atoms with Crippen LogP contribution in [0.2, 0.25) is 0 Å². The van der Waals surface area contributed by atoms with E-state index < -0.39 is 10.0 Å². The molecule has 0 saturated heterocycles. The Balaban J connectivity index is 2.33. The van der Waals surface area contributed by atoms with Crippen LogP contribution in [0, 0.1) is 18.8 Å². The summed E-state index contributed by atoms with van der Waals surface area (Å²) in [7, 11) is -3.84. The first-order valence-corrected chi connectivity index (χ1v) is 9.51. The van der Waals surface area contributed by atoms with Crippen LogP contribution in [-0.4, -0.2) is 31.6 Å². The Morgan fingerprint density at radius 2 is 1.81 bits per heavy atom. The summed E-state index contributed by atoms with van der Waals surface area (Å²) in [5, 5.41) is 0. The van der Waals surface area contributed by atoms with E-state index in [1.54, 1.807) is 18.2 Å². The van der Waals surface area contributed by atoms with E-state index in [2.05, 4.69) is 11.8 Å². The number of carbonyl (C=O) groups is 1. The predicted molar refractivity (Wildman–Crippen MR) is 104 cm³/mol. The molecule has 0 heterocycles. The van der Waals surface area contributed by atoms with E-state index in [1.165, 1.54) is 19.1 Å². The molecule has 4 nitrogen and oxygen atoms in total. The molecule has 0 aromatic heterocycles. The molecule has 0 unspecified atom stereocenters. The van der Waals surface area contributed by atoms with E-state index >= 15 is 0 Å². The molecule has 0 fully saturated rings. The van der Waals surface area contributed by atoms with E-state index in [0.717, 1.165) is 15.4 Å². The molecule has 0 amide bonds. The van der Waals surface area contributed by atoms with E-state index in [4.69, 9.17) is 1.37 Å². The Kier molecular flexibility index (Phi) is 6.37. The highest BCUT2D eigenvalue weighted by Crippen LogP contribution is 2.16. The SMILES string of the molecule is [2H]/C(=C\c1ccccc1)CN(CC#CC(C)=O)S(=O)(=O)c1ccc(C)cc1. The first-order chi connectivity index (χ1) is 12.8. The summed E-state index contributed by atoms with van der Waals surface area (Å²) in [4.78, 5) is 11.2. The number of sulfonamides is 1. The zero-order chi connectivity index (χ0) is 19.9. The molecule has 0 radical (unpaired) electrons. The molecule has 2 aromatic rings. The lowest BCUT2D eigenvalue weighted by atomic mass is 10.2. The van der Waals surface area contributed by atoms with Gasteiger partial charge >= 0.3 is 0 Å². The molecule has 0 saturated carbocycles. The lowest BCUT2D eigenvalue weighted by Gasteiger charge is -2.18. The predicted octanol–water partition coefficient (Wildman–Crippen LogP) is 3.29. The van der Waals surface area contributed by atoms with Gasteiger partial charge in [-0.2, -0.15) is 4.31 Å². The van der Waals surface area contributed by atoms with Crippen LogP contribution in [0.5, 0.6) is 0 Å². The van der Waals surface area contributed by atoms with E-state index in [-0.39, 0.29) is 29.8 Å². The number of ketones is 1. The third kappa shape index (κ3) is 5.69. The second kappa shape index (κ2) is 9.14. The van der Waals surface area contributed by atoms with Gasteiger partial charge in [-0.15, -0.1) is 0 Å². The van der Waals surface area contributed by atoms with Gasteiger partial charge in [-0.05, 0) is 30.5 Å². The molecular formula is C21H21NO3S. The quantitative estimate of drug-likeness (QED) is 0.581. The number of Topliss-reactive ketones (excluding diaryl/α,β-unsaturated/α-hetero) is 1. The Morgan fingerprint density at radius 3 is 2.42 bits per heavy atom. The van der Waals surface area contributed by atoms with Crippen LogP contribution in [0.1, 0.15) is 19.4 Å². The molecule has 0 aliphatic rings. The molecule has 0 bridgehead atoms. The summed E-state index contributed by atoms with van der Waals surface area (Å²) in [6.07, 6.45) is 1.61. The van der Waals surface area contributed by atoms with Crippen molar-refractivity contribution in [3.05, 3.63) is 71.8 Å². The fraction of sp³-hybridized carbons (Fsp3) is 0.190. The monoisotopic (exact) mass is 368 g/mol. The third-order valence-electron chi connectivity index (χ3n) is 3.51. The minimum absolute atomic E-state index is 0.126.